The zero-order chi connectivity index (χ0) is 22.5. The lowest BCUT2D eigenvalue weighted by molar-refractivity contribution is -0.141. The normalized spacial score (nSPS) is 22.4. The summed E-state index contributed by atoms with van der Waals surface area (Å²) in [7, 11) is 0. The van der Waals surface area contributed by atoms with Gasteiger partial charge in [0.1, 0.15) is 11.4 Å². The van der Waals surface area contributed by atoms with E-state index in [9.17, 15) is 22.8 Å². The Hall–Kier alpha value is -3.23. The number of fused-ring (bicyclic) bond motifs is 3. The van der Waals surface area contributed by atoms with Crippen molar-refractivity contribution in [2.24, 2.45) is 17.8 Å². The van der Waals surface area contributed by atoms with Crippen LogP contribution in [0, 0.1) is 17.8 Å². The van der Waals surface area contributed by atoms with Crippen molar-refractivity contribution >= 4 is 16.7 Å². The van der Waals surface area contributed by atoms with Crippen LogP contribution in [-0.2, 0) is 11.0 Å². The summed E-state index contributed by atoms with van der Waals surface area (Å²) in [6.45, 7) is 0. The average Bonchev–Trinajstić information content (AvgIpc) is 3.38. The molecule has 3 atom stereocenters. The topological polar surface area (TPSA) is 76.9 Å². The SMILES string of the molecule is O=C(CC1CC2CCC1C2)Nn1nc(-c2ccnc(C(F)(F)F)c2)c2ccccc2c1=O. The molecule has 166 valence electrons. The van der Waals surface area contributed by atoms with Crippen molar-refractivity contribution in [3.8, 4) is 11.3 Å². The Morgan fingerprint density at radius 2 is 1.91 bits per heavy atom. The van der Waals surface area contributed by atoms with E-state index >= 15 is 0 Å². The van der Waals surface area contributed by atoms with Crippen LogP contribution in [0.3, 0.4) is 0 Å². The van der Waals surface area contributed by atoms with E-state index < -0.39 is 17.4 Å². The molecule has 5 rings (SSSR count). The molecular formula is C23H21F3N4O2. The minimum absolute atomic E-state index is 0.152. The number of pyridine rings is 1. The van der Waals surface area contributed by atoms with E-state index in [0.29, 0.717) is 29.6 Å². The van der Waals surface area contributed by atoms with Gasteiger partial charge in [-0.1, -0.05) is 24.6 Å². The second-order valence-corrected chi connectivity index (χ2v) is 8.71. The summed E-state index contributed by atoms with van der Waals surface area (Å²) in [6.07, 6.45) is 1.31. The lowest BCUT2D eigenvalue weighted by Gasteiger charge is -2.21. The third-order valence-electron chi connectivity index (χ3n) is 6.69. The van der Waals surface area contributed by atoms with Gasteiger partial charge in [-0.3, -0.25) is 14.6 Å². The number of rotatable bonds is 4. The maximum Gasteiger partial charge on any atom is 0.433 e. The summed E-state index contributed by atoms with van der Waals surface area (Å²) in [5, 5.41) is 4.88. The largest absolute Gasteiger partial charge is 0.433 e. The van der Waals surface area contributed by atoms with E-state index in [1.807, 2.05) is 0 Å². The predicted molar refractivity (Wildman–Crippen MR) is 112 cm³/mol. The first-order valence-electron chi connectivity index (χ1n) is 10.6. The first-order valence-corrected chi connectivity index (χ1v) is 10.6. The number of carbonyl (C=O) groups excluding carboxylic acids is 1. The van der Waals surface area contributed by atoms with Gasteiger partial charge in [-0.05, 0) is 55.2 Å². The number of hydrogen-bond acceptors (Lipinski definition) is 4. The zero-order valence-corrected chi connectivity index (χ0v) is 17.1. The molecule has 2 aliphatic rings. The van der Waals surface area contributed by atoms with Gasteiger partial charge in [0.2, 0.25) is 5.91 Å². The van der Waals surface area contributed by atoms with Gasteiger partial charge < -0.3 is 0 Å². The number of hydrogen-bond donors (Lipinski definition) is 1. The van der Waals surface area contributed by atoms with Crippen LogP contribution < -0.4 is 11.0 Å². The summed E-state index contributed by atoms with van der Waals surface area (Å²) in [6, 6.07) is 8.80. The Morgan fingerprint density at radius 3 is 2.59 bits per heavy atom. The number of halogens is 3. The van der Waals surface area contributed by atoms with Gasteiger partial charge in [-0.15, -0.1) is 9.89 Å². The molecule has 3 unspecified atom stereocenters. The van der Waals surface area contributed by atoms with Crippen molar-refractivity contribution in [3.63, 3.8) is 0 Å². The highest BCUT2D eigenvalue weighted by Gasteiger charge is 2.40. The molecule has 2 aliphatic carbocycles. The van der Waals surface area contributed by atoms with Crippen LogP contribution in [0.1, 0.15) is 37.8 Å². The molecule has 2 bridgehead atoms. The molecule has 9 heteroatoms. The monoisotopic (exact) mass is 442 g/mol. The second-order valence-electron chi connectivity index (χ2n) is 8.71. The third-order valence-corrected chi connectivity index (χ3v) is 6.69. The van der Waals surface area contributed by atoms with Crippen LogP contribution in [0.5, 0.6) is 0 Å². The molecule has 2 aromatic heterocycles. The quantitative estimate of drug-likeness (QED) is 0.651. The van der Waals surface area contributed by atoms with E-state index in [4.69, 9.17) is 0 Å². The Labute approximate surface area is 181 Å². The third kappa shape index (κ3) is 3.76. The zero-order valence-electron chi connectivity index (χ0n) is 17.1. The lowest BCUT2D eigenvalue weighted by atomic mass is 9.86. The van der Waals surface area contributed by atoms with E-state index in [-0.39, 0.29) is 22.6 Å². The molecule has 2 saturated carbocycles. The van der Waals surface area contributed by atoms with Crippen molar-refractivity contribution in [3.05, 3.63) is 58.6 Å². The molecule has 0 saturated heterocycles. The van der Waals surface area contributed by atoms with Crippen molar-refractivity contribution < 1.29 is 18.0 Å². The van der Waals surface area contributed by atoms with Crippen molar-refractivity contribution in [2.45, 2.75) is 38.3 Å². The van der Waals surface area contributed by atoms with Gasteiger partial charge in [0, 0.05) is 23.6 Å². The van der Waals surface area contributed by atoms with E-state index in [1.54, 1.807) is 24.3 Å². The van der Waals surface area contributed by atoms with Crippen LogP contribution in [0.25, 0.3) is 22.0 Å². The summed E-state index contributed by atoms with van der Waals surface area (Å²) in [5.41, 5.74) is 1.28. The summed E-state index contributed by atoms with van der Waals surface area (Å²) < 4.78 is 39.5. The van der Waals surface area contributed by atoms with Crippen LogP contribution in [0.4, 0.5) is 13.2 Å². The molecule has 2 fully saturated rings. The van der Waals surface area contributed by atoms with Crippen molar-refractivity contribution in [1.82, 2.24) is 14.9 Å². The first-order chi connectivity index (χ1) is 15.3. The number of benzene rings is 1. The minimum Gasteiger partial charge on any atom is -0.273 e. The molecule has 0 spiro atoms. The Morgan fingerprint density at radius 1 is 1.12 bits per heavy atom. The molecule has 0 aliphatic heterocycles. The van der Waals surface area contributed by atoms with Gasteiger partial charge in [0.15, 0.2) is 0 Å². The van der Waals surface area contributed by atoms with Gasteiger partial charge in [-0.2, -0.15) is 13.2 Å². The van der Waals surface area contributed by atoms with Gasteiger partial charge in [0.05, 0.1) is 5.39 Å². The first kappa shape index (κ1) is 20.7. The molecule has 2 heterocycles. The molecular weight excluding hydrogens is 421 g/mol. The van der Waals surface area contributed by atoms with Crippen molar-refractivity contribution in [2.75, 3.05) is 5.43 Å². The summed E-state index contributed by atoms with van der Waals surface area (Å²) >= 11 is 0. The van der Waals surface area contributed by atoms with Gasteiger partial charge in [0.25, 0.3) is 5.56 Å². The fourth-order valence-corrected chi connectivity index (χ4v) is 5.24. The molecule has 1 amide bonds. The fraction of sp³-hybridized carbons (Fsp3) is 0.391. The number of aromatic nitrogens is 3. The van der Waals surface area contributed by atoms with Gasteiger partial charge in [-0.25, -0.2) is 5.43 Å². The highest BCUT2D eigenvalue weighted by molar-refractivity contribution is 5.94. The maximum absolute atomic E-state index is 13.2. The van der Waals surface area contributed by atoms with Crippen LogP contribution in [0.2, 0.25) is 0 Å². The fourth-order valence-electron chi connectivity index (χ4n) is 5.24. The smallest absolute Gasteiger partial charge is 0.273 e. The van der Waals surface area contributed by atoms with Crippen LogP contribution in [0.15, 0.2) is 47.4 Å². The molecule has 6 nitrogen and oxygen atoms in total. The standard InChI is InChI=1S/C23H21F3N4O2/c24-23(25,26)19-11-15(7-8-27-19)21-17-3-1-2-4-18(17)22(32)30(29-21)28-20(31)12-16-10-13-5-6-14(16)9-13/h1-4,7-8,11,13-14,16H,5-6,9-10,12H2,(H,28,31). The highest BCUT2D eigenvalue weighted by atomic mass is 19.4. The number of nitrogens with zero attached hydrogens (tertiary/aromatic N) is 3. The van der Waals surface area contributed by atoms with Crippen molar-refractivity contribution in [1.29, 1.82) is 0 Å². The lowest BCUT2D eigenvalue weighted by Crippen LogP contribution is -2.36. The van der Waals surface area contributed by atoms with Crippen LogP contribution in [-0.4, -0.2) is 20.8 Å². The Balaban J connectivity index is 1.51. The molecule has 3 aromatic rings. The number of alkyl halides is 3. The number of nitrogens with one attached hydrogen (secondary N) is 1. The van der Waals surface area contributed by atoms with E-state index in [1.165, 1.54) is 18.9 Å². The molecule has 0 radical (unpaired) electrons. The number of carbonyl (C=O) groups is 1. The average molecular weight is 442 g/mol. The Kier molecular flexibility index (Phi) is 4.98. The molecule has 32 heavy (non-hydrogen) atoms. The van der Waals surface area contributed by atoms with E-state index in [2.05, 4.69) is 15.5 Å². The summed E-state index contributed by atoms with van der Waals surface area (Å²) in [4.78, 5) is 29.9. The number of amides is 1. The minimum atomic E-state index is -4.62. The van der Waals surface area contributed by atoms with Gasteiger partial charge >= 0.3 is 6.18 Å². The molecule has 1 aromatic carbocycles. The highest BCUT2D eigenvalue weighted by Crippen LogP contribution is 2.49. The predicted octanol–water partition coefficient (Wildman–Crippen LogP) is 4.37. The van der Waals surface area contributed by atoms with Crippen LogP contribution >= 0.6 is 0 Å². The van der Waals surface area contributed by atoms with E-state index in [0.717, 1.165) is 29.9 Å². The summed E-state index contributed by atoms with van der Waals surface area (Å²) in [5.74, 6) is 1.24. The Bertz CT molecular complexity index is 1250. The maximum atomic E-state index is 13.2. The second kappa shape index (κ2) is 7.72. The molecule has 1 N–H and O–H groups in total.